The van der Waals surface area contributed by atoms with Crippen LogP contribution in [-0.4, -0.2) is 40.2 Å². The van der Waals surface area contributed by atoms with Gasteiger partial charge in [-0.05, 0) is 68.5 Å². The molecule has 11 heteroatoms. The average molecular weight is 536 g/mol. The van der Waals surface area contributed by atoms with Gasteiger partial charge < -0.3 is 14.7 Å². The Labute approximate surface area is 210 Å². The summed E-state index contributed by atoms with van der Waals surface area (Å²) in [6.45, 7) is 3.07. The van der Waals surface area contributed by atoms with Crippen LogP contribution in [0.3, 0.4) is 0 Å². The summed E-state index contributed by atoms with van der Waals surface area (Å²) in [5.74, 6) is -0.534. The smallest absolute Gasteiger partial charge is 0.390 e. The SMILES string of the molecule is CC(C)(O)C1CC(=O)N2CC(OCc3cc(C(F)(F)F)cc(C(F)(F)F)c3)CC2C1.Fc1ccccc1. The van der Waals surface area contributed by atoms with Crippen molar-refractivity contribution in [3.63, 3.8) is 0 Å². The Morgan fingerprint density at radius 1 is 0.946 bits per heavy atom. The van der Waals surface area contributed by atoms with Crippen LogP contribution in [0.5, 0.6) is 0 Å². The summed E-state index contributed by atoms with van der Waals surface area (Å²) in [5.41, 5.74) is -4.03. The van der Waals surface area contributed by atoms with Crippen molar-refractivity contribution in [3.05, 3.63) is 71.0 Å². The highest BCUT2D eigenvalue weighted by molar-refractivity contribution is 5.78. The Morgan fingerprint density at radius 2 is 1.51 bits per heavy atom. The first-order chi connectivity index (χ1) is 17.0. The zero-order chi connectivity index (χ0) is 27.6. The van der Waals surface area contributed by atoms with Gasteiger partial charge in [0.15, 0.2) is 0 Å². The quantitative estimate of drug-likeness (QED) is 0.474. The van der Waals surface area contributed by atoms with Crippen molar-refractivity contribution in [1.29, 1.82) is 0 Å². The van der Waals surface area contributed by atoms with E-state index in [0.717, 1.165) is 0 Å². The maximum atomic E-state index is 13.0. The molecule has 2 aromatic rings. The summed E-state index contributed by atoms with van der Waals surface area (Å²) in [5, 5.41) is 10.2. The van der Waals surface area contributed by atoms with Crippen LogP contribution in [0.25, 0.3) is 0 Å². The Morgan fingerprint density at radius 3 is 1.97 bits per heavy atom. The first-order valence-electron chi connectivity index (χ1n) is 11.7. The molecule has 1 N–H and O–H groups in total. The van der Waals surface area contributed by atoms with E-state index < -0.39 is 41.8 Å². The van der Waals surface area contributed by atoms with Crippen LogP contribution in [0.1, 0.15) is 49.8 Å². The number of amides is 1. The molecular formula is C26H28F7NO3. The van der Waals surface area contributed by atoms with Gasteiger partial charge in [-0.2, -0.15) is 26.3 Å². The lowest BCUT2D eigenvalue weighted by molar-refractivity contribution is -0.143. The third-order valence-corrected chi connectivity index (χ3v) is 6.54. The molecule has 3 atom stereocenters. The Bertz CT molecular complexity index is 1030. The minimum atomic E-state index is -4.91. The number of nitrogens with zero attached hydrogens (tertiary/aromatic N) is 1. The number of piperidine rings is 1. The number of fused-ring (bicyclic) bond motifs is 1. The maximum Gasteiger partial charge on any atom is 0.416 e. The fourth-order valence-corrected chi connectivity index (χ4v) is 4.53. The van der Waals surface area contributed by atoms with E-state index in [1.807, 2.05) is 0 Å². The molecule has 0 bridgehead atoms. The van der Waals surface area contributed by atoms with Crippen molar-refractivity contribution in [2.24, 2.45) is 5.92 Å². The number of alkyl halides is 6. The molecule has 37 heavy (non-hydrogen) atoms. The van der Waals surface area contributed by atoms with Crippen LogP contribution in [0.15, 0.2) is 48.5 Å². The van der Waals surface area contributed by atoms with E-state index in [0.29, 0.717) is 25.0 Å². The predicted molar refractivity (Wildman–Crippen MR) is 121 cm³/mol. The van der Waals surface area contributed by atoms with Crippen LogP contribution in [0, 0.1) is 11.7 Å². The molecule has 2 saturated heterocycles. The van der Waals surface area contributed by atoms with Gasteiger partial charge in [0.05, 0.1) is 29.4 Å². The van der Waals surface area contributed by atoms with Gasteiger partial charge in [0.1, 0.15) is 5.82 Å². The third kappa shape index (κ3) is 7.91. The molecule has 0 saturated carbocycles. The molecular weight excluding hydrogens is 507 g/mol. The van der Waals surface area contributed by atoms with Crippen LogP contribution < -0.4 is 0 Å². The fraction of sp³-hybridized carbons (Fsp3) is 0.500. The zero-order valence-electron chi connectivity index (χ0n) is 20.2. The zero-order valence-corrected chi connectivity index (χ0v) is 20.2. The van der Waals surface area contributed by atoms with Crippen LogP contribution in [0.4, 0.5) is 30.7 Å². The lowest BCUT2D eigenvalue weighted by Gasteiger charge is -2.39. The van der Waals surface area contributed by atoms with E-state index in [-0.39, 0.29) is 48.3 Å². The van der Waals surface area contributed by atoms with Gasteiger partial charge in [0, 0.05) is 19.0 Å². The summed E-state index contributed by atoms with van der Waals surface area (Å²) in [7, 11) is 0. The minimum absolute atomic E-state index is 0.0782. The molecule has 2 heterocycles. The van der Waals surface area contributed by atoms with E-state index in [9.17, 15) is 40.6 Å². The van der Waals surface area contributed by atoms with E-state index in [2.05, 4.69) is 0 Å². The normalized spacial score (nSPS) is 22.4. The Balaban J connectivity index is 0.000000468. The molecule has 0 aromatic heterocycles. The van der Waals surface area contributed by atoms with Crippen molar-refractivity contribution in [3.8, 4) is 0 Å². The second-order valence-corrected chi connectivity index (χ2v) is 9.87. The maximum absolute atomic E-state index is 13.0. The highest BCUT2D eigenvalue weighted by Gasteiger charge is 2.45. The number of halogens is 7. The van der Waals surface area contributed by atoms with Crippen molar-refractivity contribution < 1.29 is 45.4 Å². The summed E-state index contributed by atoms with van der Waals surface area (Å²) >= 11 is 0. The molecule has 4 nitrogen and oxygen atoms in total. The summed E-state index contributed by atoms with van der Waals surface area (Å²) < 4.78 is 95.4. The van der Waals surface area contributed by atoms with Crippen molar-refractivity contribution in [2.75, 3.05) is 6.54 Å². The van der Waals surface area contributed by atoms with E-state index in [1.54, 1.807) is 36.9 Å². The third-order valence-electron chi connectivity index (χ3n) is 6.54. The summed E-state index contributed by atoms with van der Waals surface area (Å²) in [6.07, 6.45) is -9.15. The molecule has 4 rings (SSSR count). The van der Waals surface area contributed by atoms with Gasteiger partial charge in [-0.15, -0.1) is 0 Å². The van der Waals surface area contributed by atoms with Crippen LogP contribution >= 0.6 is 0 Å². The molecule has 2 aliphatic heterocycles. The number of rotatable bonds is 4. The molecule has 204 valence electrons. The first kappa shape index (κ1) is 28.9. The predicted octanol–water partition coefficient (Wildman–Crippen LogP) is 6.22. The summed E-state index contributed by atoms with van der Waals surface area (Å²) in [6, 6.07) is 9.14. The first-order valence-corrected chi connectivity index (χ1v) is 11.7. The second kappa shape index (κ2) is 11.0. The minimum Gasteiger partial charge on any atom is -0.390 e. The monoisotopic (exact) mass is 535 g/mol. The van der Waals surface area contributed by atoms with Crippen molar-refractivity contribution >= 4 is 5.91 Å². The topological polar surface area (TPSA) is 49.8 Å². The average Bonchev–Trinajstić information content (AvgIpc) is 3.21. The highest BCUT2D eigenvalue weighted by atomic mass is 19.4. The number of benzene rings is 2. The molecule has 0 spiro atoms. The Kier molecular flexibility index (Phi) is 8.58. The fourth-order valence-electron chi connectivity index (χ4n) is 4.53. The number of carbonyl (C=O) groups is 1. The molecule has 2 aliphatic rings. The number of hydrogen-bond donors (Lipinski definition) is 1. The molecule has 0 aliphatic carbocycles. The molecule has 0 radical (unpaired) electrons. The van der Waals surface area contributed by atoms with Gasteiger partial charge in [0.25, 0.3) is 0 Å². The number of carbonyl (C=O) groups excluding carboxylic acids is 1. The van der Waals surface area contributed by atoms with E-state index in [4.69, 9.17) is 4.74 Å². The standard InChI is InChI=1S/C20H23F6NO3.C6H5F/c1-18(2,29)12-6-15-8-16(9-27(15)17(28)7-12)30-10-11-3-13(19(21,22)23)5-14(4-11)20(24,25)26;7-6-4-2-1-3-5-6/h3-5,12,15-16,29H,6-10H2,1-2H3;1-5H. The van der Waals surface area contributed by atoms with Crippen LogP contribution in [0.2, 0.25) is 0 Å². The van der Waals surface area contributed by atoms with Gasteiger partial charge in [-0.3, -0.25) is 4.79 Å². The summed E-state index contributed by atoms with van der Waals surface area (Å²) in [4.78, 5) is 14.0. The number of aliphatic hydroxyl groups is 1. The van der Waals surface area contributed by atoms with Crippen molar-refractivity contribution in [2.45, 2.75) is 69.8 Å². The highest BCUT2D eigenvalue weighted by Crippen LogP contribution is 2.39. The van der Waals surface area contributed by atoms with Gasteiger partial charge >= 0.3 is 12.4 Å². The molecule has 2 fully saturated rings. The molecule has 1 amide bonds. The second-order valence-electron chi connectivity index (χ2n) is 9.87. The Hall–Kier alpha value is -2.66. The number of ether oxygens (including phenoxy) is 1. The van der Waals surface area contributed by atoms with Gasteiger partial charge in [0.2, 0.25) is 5.91 Å². The van der Waals surface area contributed by atoms with Gasteiger partial charge in [-0.25, -0.2) is 4.39 Å². The van der Waals surface area contributed by atoms with Crippen LogP contribution in [-0.2, 0) is 28.5 Å². The molecule has 3 unspecified atom stereocenters. The van der Waals surface area contributed by atoms with Gasteiger partial charge in [-0.1, -0.05) is 18.2 Å². The molecule has 2 aromatic carbocycles. The van der Waals surface area contributed by atoms with E-state index in [1.165, 1.54) is 12.1 Å². The lowest BCUT2D eigenvalue weighted by Crippen LogP contribution is -2.48. The van der Waals surface area contributed by atoms with E-state index >= 15 is 0 Å². The lowest BCUT2D eigenvalue weighted by atomic mass is 9.80. The largest absolute Gasteiger partial charge is 0.416 e. The van der Waals surface area contributed by atoms with Crippen molar-refractivity contribution in [1.82, 2.24) is 4.90 Å². The number of hydrogen-bond acceptors (Lipinski definition) is 3.